The number of halogens is 1. The molecule has 0 fully saturated rings. The predicted molar refractivity (Wildman–Crippen MR) is 80.3 cm³/mol. The third-order valence-electron chi connectivity index (χ3n) is 3.46. The van der Waals surface area contributed by atoms with Crippen LogP contribution in [0.4, 0.5) is 4.39 Å². The van der Waals surface area contributed by atoms with Crippen LogP contribution < -0.4 is 4.74 Å². The van der Waals surface area contributed by atoms with Gasteiger partial charge in [-0.15, -0.1) is 0 Å². The number of fused-ring (bicyclic) bond motifs is 1. The molecule has 21 heavy (non-hydrogen) atoms. The van der Waals surface area contributed by atoms with Crippen molar-refractivity contribution in [2.75, 3.05) is 7.11 Å². The highest BCUT2D eigenvalue weighted by atomic mass is 19.1. The minimum absolute atomic E-state index is 0.0192. The number of carbonyl (C=O) groups excluding carboxylic acids is 1. The van der Waals surface area contributed by atoms with Gasteiger partial charge in [0.15, 0.2) is 17.3 Å². The van der Waals surface area contributed by atoms with E-state index in [4.69, 9.17) is 4.74 Å². The molecule has 0 aliphatic rings. The van der Waals surface area contributed by atoms with Crippen molar-refractivity contribution in [3.63, 3.8) is 0 Å². The number of carbonyl (C=O) groups is 1. The lowest BCUT2D eigenvalue weighted by atomic mass is 9.97. The lowest BCUT2D eigenvalue weighted by molar-refractivity contribution is 0.103. The van der Waals surface area contributed by atoms with E-state index in [0.29, 0.717) is 5.56 Å². The number of ether oxygens (including phenoxy) is 1. The molecule has 0 amide bonds. The zero-order valence-electron chi connectivity index (χ0n) is 11.5. The summed E-state index contributed by atoms with van der Waals surface area (Å²) in [4.78, 5) is 12.7. The highest BCUT2D eigenvalue weighted by molar-refractivity contribution is 6.16. The van der Waals surface area contributed by atoms with E-state index in [2.05, 4.69) is 0 Å². The third-order valence-corrected chi connectivity index (χ3v) is 3.46. The van der Waals surface area contributed by atoms with E-state index in [1.54, 1.807) is 18.2 Å². The fourth-order valence-corrected chi connectivity index (χ4v) is 2.41. The highest BCUT2D eigenvalue weighted by Crippen LogP contribution is 2.25. The first-order valence-electron chi connectivity index (χ1n) is 6.57. The summed E-state index contributed by atoms with van der Waals surface area (Å²) in [5.41, 5.74) is 0.506. The Morgan fingerprint density at radius 1 is 0.905 bits per heavy atom. The van der Waals surface area contributed by atoms with Crippen LogP contribution in [0.1, 0.15) is 15.9 Å². The van der Waals surface area contributed by atoms with E-state index in [-0.39, 0.29) is 17.1 Å². The number of hydrogen-bond donors (Lipinski definition) is 0. The second kappa shape index (κ2) is 5.37. The molecule has 0 atom stereocenters. The third kappa shape index (κ3) is 2.27. The van der Waals surface area contributed by atoms with Crippen LogP contribution in [0.2, 0.25) is 0 Å². The summed E-state index contributed by atoms with van der Waals surface area (Å²) in [6.45, 7) is 0. The molecule has 3 heteroatoms. The molecule has 0 radical (unpaired) electrons. The number of methoxy groups -OCH3 is 1. The maximum atomic E-state index is 14.3. The number of rotatable bonds is 3. The Morgan fingerprint density at radius 2 is 1.57 bits per heavy atom. The lowest BCUT2D eigenvalue weighted by Crippen LogP contribution is -2.06. The SMILES string of the molecule is COc1cccc(C(=O)c2cccc3ccccc23)c1F. The van der Waals surface area contributed by atoms with Gasteiger partial charge in [-0.25, -0.2) is 4.39 Å². The molecule has 0 saturated heterocycles. The Balaban J connectivity index is 2.18. The van der Waals surface area contributed by atoms with E-state index < -0.39 is 5.82 Å². The molecule has 0 aliphatic heterocycles. The monoisotopic (exact) mass is 280 g/mol. The Labute approximate surface area is 121 Å². The molecule has 3 aromatic rings. The second-order valence-corrected chi connectivity index (χ2v) is 4.68. The molecule has 0 aromatic heterocycles. The zero-order chi connectivity index (χ0) is 14.8. The molecular formula is C18H13FO2. The second-order valence-electron chi connectivity index (χ2n) is 4.68. The van der Waals surface area contributed by atoms with Gasteiger partial charge in [0.05, 0.1) is 12.7 Å². The number of ketones is 1. The van der Waals surface area contributed by atoms with E-state index >= 15 is 0 Å². The Hall–Kier alpha value is -2.68. The molecule has 3 aromatic carbocycles. The summed E-state index contributed by atoms with van der Waals surface area (Å²) < 4.78 is 19.2. The van der Waals surface area contributed by atoms with E-state index in [1.807, 2.05) is 30.3 Å². The first kappa shape index (κ1) is 13.3. The van der Waals surface area contributed by atoms with Crippen LogP contribution in [0.25, 0.3) is 10.8 Å². The summed E-state index contributed by atoms with van der Waals surface area (Å²) >= 11 is 0. The average Bonchev–Trinajstić information content (AvgIpc) is 2.54. The van der Waals surface area contributed by atoms with Gasteiger partial charge in [-0.2, -0.15) is 0 Å². The fourth-order valence-electron chi connectivity index (χ4n) is 2.41. The quantitative estimate of drug-likeness (QED) is 0.671. The molecule has 104 valence electrons. The largest absolute Gasteiger partial charge is 0.494 e. The van der Waals surface area contributed by atoms with Crippen LogP contribution in [-0.2, 0) is 0 Å². The smallest absolute Gasteiger partial charge is 0.196 e. The van der Waals surface area contributed by atoms with Crippen LogP contribution in [0.3, 0.4) is 0 Å². The van der Waals surface area contributed by atoms with Crippen LogP contribution >= 0.6 is 0 Å². The topological polar surface area (TPSA) is 26.3 Å². The zero-order valence-corrected chi connectivity index (χ0v) is 11.5. The normalized spacial score (nSPS) is 10.6. The molecule has 0 bridgehead atoms. The minimum atomic E-state index is -0.627. The van der Waals surface area contributed by atoms with Crippen molar-refractivity contribution in [1.82, 2.24) is 0 Å². The summed E-state index contributed by atoms with van der Waals surface area (Å²) in [5, 5.41) is 1.76. The van der Waals surface area contributed by atoms with Crippen molar-refractivity contribution < 1.29 is 13.9 Å². The molecule has 0 spiro atoms. The van der Waals surface area contributed by atoms with Gasteiger partial charge in [0.1, 0.15) is 0 Å². The molecule has 0 unspecified atom stereocenters. The van der Waals surface area contributed by atoms with Gasteiger partial charge < -0.3 is 4.74 Å². The Kier molecular flexibility index (Phi) is 3.40. The number of hydrogen-bond acceptors (Lipinski definition) is 2. The number of benzene rings is 3. The molecule has 0 aliphatic carbocycles. The van der Waals surface area contributed by atoms with Crippen LogP contribution in [0.15, 0.2) is 60.7 Å². The first-order chi connectivity index (χ1) is 10.2. The van der Waals surface area contributed by atoms with Gasteiger partial charge >= 0.3 is 0 Å². The summed E-state index contributed by atoms with van der Waals surface area (Å²) in [5.74, 6) is -0.901. The Bertz CT molecular complexity index is 819. The summed E-state index contributed by atoms with van der Waals surface area (Å²) in [7, 11) is 1.38. The molecule has 0 N–H and O–H groups in total. The minimum Gasteiger partial charge on any atom is -0.494 e. The van der Waals surface area contributed by atoms with Gasteiger partial charge in [0, 0.05) is 5.56 Å². The fraction of sp³-hybridized carbons (Fsp3) is 0.0556. The van der Waals surface area contributed by atoms with Crippen molar-refractivity contribution >= 4 is 16.6 Å². The van der Waals surface area contributed by atoms with E-state index in [1.165, 1.54) is 19.2 Å². The van der Waals surface area contributed by atoms with Crippen LogP contribution in [0, 0.1) is 5.82 Å². The lowest BCUT2D eigenvalue weighted by Gasteiger charge is -2.09. The maximum Gasteiger partial charge on any atom is 0.196 e. The molecule has 0 saturated carbocycles. The van der Waals surface area contributed by atoms with Gasteiger partial charge in [0.2, 0.25) is 0 Å². The van der Waals surface area contributed by atoms with Crippen molar-refractivity contribution in [3.8, 4) is 5.75 Å². The molecule has 2 nitrogen and oxygen atoms in total. The van der Waals surface area contributed by atoms with E-state index in [0.717, 1.165) is 10.8 Å². The molecule has 3 rings (SSSR count). The van der Waals surface area contributed by atoms with Gasteiger partial charge in [-0.05, 0) is 22.9 Å². The van der Waals surface area contributed by atoms with Crippen molar-refractivity contribution in [1.29, 1.82) is 0 Å². The highest BCUT2D eigenvalue weighted by Gasteiger charge is 2.18. The van der Waals surface area contributed by atoms with Crippen molar-refractivity contribution in [2.45, 2.75) is 0 Å². The van der Waals surface area contributed by atoms with Crippen LogP contribution in [-0.4, -0.2) is 12.9 Å². The Morgan fingerprint density at radius 3 is 2.38 bits per heavy atom. The maximum absolute atomic E-state index is 14.3. The van der Waals surface area contributed by atoms with Gasteiger partial charge in [0.25, 0.3) is 0 Å². The van der Waals surface area contributed by atoms with Crippen molar-refractivity contribution in [3.05, 3.63) is 77.6 Å². The first-order valence-corrected chi connectivity index (χ1v) is 6.57. The predicted octanol–water partition coefficient (Wildman–Crippen LogP) is 4.22. The standard InChI is InChI=1S/C18H13FO2/c1-21-16-11-5-10-15(17(16)19)18(20)14-9-4-7-12-6-2-3-8-13(12)14/h2-11H,1H3. The van der Waals surface area contributed by atoms with Gasteiger partial charge in [-0.3, -0.25) is 4.79 Å². The van der Waals surface area contributed by atoms with Crippen LogP contribution in [0.5, 0.6) is 5.75 Å². The van der Waals surface area contributed by atoms with Gasteiger partial charge in [-0.1, -0.05) is 48.5 Å². The van der Waals surface area contributed by atoms with E-state index in [9.17, 15) is 9.18 Å². The molecule has 0 heterocycles. The molecular weight excluding hydrogens is 267 g/mol. The summed E-state index contributed by atoms with van der Waals surface area (Å²) in [6.07, 6.45) is 0. The summed E-state index contributed by atoms with van der Waals surface area (Å²) in [6, 6.07) is 17.6. The van der Waals surface area contributed by atoms with Crippen molar-refractivity contribution in [2.24, 2.45) is 0 Å². The average molecular weight is 280 g/mol.